The van der Waals surface area contributed by atoms with Crippen LogP contribution in [0, 0.1) is 5.82 Å². The van der Waals surface area contributed by atoms with E-state index >= 15 is 0 Å². The monoisotopic (exact) mass is 329 g/mol. The smallest absolute Gasteiger partial charge is 0.272 e. The van der Waals surface area contributed by atoms with Gasteiger partial charge in [0, 0.05) is 38.9 Å². The number of rotatable bonds is 4. The lowest BCUT2D eigenvalue weighted by Gasteiger charge is -2.35. The van der Waals surface area contributed by atoms with Crippen molar-refractivity contribution in [3.05, 3.63) is 65.7 Å². The molecule has 24 heavy (non-hydrogen) atoms. The maximum Gasteiger partial charge on any atom is 0.272 e. The zero-order valence-electron chi connectivity index (χ0n) is 13.3. The number of halogens is 1. The van der Waals surface area contributed by atoms with Crippen molar-refractivity contribution in [1.82, 2.24) is 14.8 Å². The van der Waals surface area contributed by atoms with Crippen LogP contribution in [0.15, 0.2) is 48.7 Å². The molecular formula is C18H20FN3O2. The fourth-order valence-corrected chi connectivity index (χ4v) is 2.82. The van der Waals surface area contributed by atoms with Crippen LogP contribution in [0.25, 0.3) is 0 Å². The van der Waals surface area contributed by atoms with Crippen LogP contribution in [-0.2, 0) is 0 Å². The first-order valence-corrected chi connectivity index (χ1v) is 7.99. The molecule has 0 radical (unpaired) electrons. The van der Waals surface area contributed by atoms with Crippen molar-refractivity contribution in [3.63, 3.8) is 0 Å². The Morgan fingerprint density at radius 3 is 2.46 bits per heavy atom. The van der Waals surface area contributed by atoms with E-state index in [9.17, 15) is 14.3 Å². The number of amides is 1. The van der Waals surface area contributed by atoms with Gasteiger partial charge in [-0.25, -0.2) is 4.39 Å². The molecule has 2 heterocycles. The van der Waals surface area contributed by atoms with Crippen molar-refractivity contribution in [2.75, 3.05) is 32.7 Å². The molecular weight excluding hydrogens is 309 g/mol. The molecule has 5 nitrogen and oxygen atoms in total. The molecule has 1 saturated heterocycles. The van der Waals surface area contributed by atoms with Gasteiger partial charge in [-0.3, -0.25) is 14.7 Å². The van der Waals surface area contributed by atoms with E-state index in [4.69, 9.17) is 0 Å². The minimum atomic E-state index is -0.663. The average Bonchev–Trinajstić information content (AvgIpc) is 2.63. The van der Waals surface area contributed by atoms with Crippen LogP contribution in [-0.4, -0.2) is 58.5 Å². The molecule has 1 atom stereocenters. The molecule has 2 aromatic rings. The number of carbonyl (C=O) groups is 1. The minimum absolute atomic E-state index is 0.0608. The van der Waals surface area contributed by atoms with E-state index in [1.165, 1.54) is 12.1 Å². The third-order valence-corrected chi connectivity index (χ3v) is 4.23. The minimum Gasteiger partial charge on any atom is -0.387 e. The van der Waals surface area contributed by atoms with Gasteiger partial charge < -0.3 is 10.0 Å². The van der Waals surface area contributed by atoms with Gasteiger partial charge in [-0.15, -0.1) is 0 Å². The van der Waals surface area contributed by atoms with Gasteiger partial charge in [-0.2, -0.15) is 0 Å². The topological polar surface area (TPSA) is 56.7 Å². The first-order valence-electron chi connectivity index (χ1n) is 7.99. The van der Waals surface area contributed by atoms with Gasteiger partial charge in [0.1, 0.15) is 11.5 Å². The molecule has 1 aliphatic heterocycles. The molecule has 1 aromatic heterocycles. The lowest BCUT2D eigenvalue weighted by Crippen LogP contribution is -2.49. The number of aromatic nitrogens is 1. The standard InChI is InChI=1S/C18H20FN3O2/c19-15-6-4-14(5-7-15)17(23)13-21-9-11-22(12-10-21)18(24)16-3-1-2-8-20-16/h1-8,17,23H,9-13H2. The van der Waals surface area contributed by atoms with Gasteiger partial charge in [0.15, 0.2) is 0 Å². The first-order chi connectivity index (χ1) is 11.6. The molecule has 3 rings (SSSR count). The second-order valence-electron chi connectivity index (χ2n) is 5.88. The number of hydrogen-bond acceptors (Lipinski definition) is 4. The van der Waals surface area contributed by atoms with Crippen molar-refractivity contribution in [3.8, 4) is 0 Å². The summed E-state index contributed by atoms with van der Waals surface area (Å²) in [6, 6.07) is 11.2. The highest BCUT2D eigenvalue weighted by atomic mass is 19.1. The van der Waals surface area contributed by atoms with E-state index in [2.05, 4.69) is 9.88 Å². The molecule has 1 aromatic carbocycles. The maximum atomic E-state index is 12.9. The van der Waals surface area contributed by atoms with Gasteiger partial charge in [0.25, 0.3) is 5.91 Å². The molecule has 1 amide bonds. The lowest BCUT2D eigenvalue weighted by atomic mass is 10.1. The zero-order valence-corrected chi connectivity index (χ0v) is 13.3. The number of pyridine rings is 1. The van der Waals surface area contributed by atoms with Crippen molar-refractivity contribution in [2.24, 2.45) is 0 Å². The average molecular weight is 329 g/mol. The van der Waals surface area contributed by atoms with Gasteiger partial charge in [0.05, 0.1) is 6.10 Å². The van der Waals surface area contributed by atoms with Crippen LogP contribution in [0.3, 0.4) is 0 Å². The summed E-state index contributed by atoms with van der Waals surface area (Å²) in [6.45, 7) is 3.06. The molecule has 1 fully saturated rings. The van der Waals surface area contributed by atoms with Crippen molar-refractivity contribution in [2.45, 2.75) is 6.10 Å². The van der Waals surface area contributed by atoms with E-state index in [1.54, 1.807) is 41.4 Å². The summed E-state index contributed by atoms with van der Waals surface area (Å²) >= 11 is 0. The lowest BCUT2D eigenvalue weighted by molar-refractivity contribution is 0.0523. The molecule has 1 N–H and O–H groups in total. The van der Waals surface area contributed by atoms with E-state index in [0.717, 1.165) is 0 Å². The first kappa shape index (κ1) is 16.5. The zero-order chi connectivity index (χ0) is 16.9. The third-order valence-electron chi connectivity index (χ3n) is 4.23. The predicted octanol–water partition coefficient (Wildman–Crippen LogP) is 1.71. The Bertz CT molecular complexity index is 670. The van der Waals surface area contributed by atoms with Crippen LogP contribution in [0.2, 0.25) is 0 Å². The molecule has 0 bridgehead atoms. The second-order valence-corrected chi connectivity index (χ2v) is 5.88. The van der Waals surface area contributed by atoms with Gasteiger partial charge in [-0.05, 0) is 29.8 Å². The third kappa shape index (κ3) is 3.96. The Balaban J connectivity index is 1.52. The van der Waals surface area contributed by atoms with E-state index < -0.39 is 6.10 Å². The van der Waals surface area contributed by atoms with Crippen LogP contribution in [0.4, 0.5) is 4.39 Å². The van der Waals surface area contributed by atoms with E-state index in [0.29, 0.717) is 44.0 Å². The number of aliphatic hydroxyl groups excluding tert-OH is 1. The van der Waals surface area contributed by atoms with Crippen LogP contribution in [0.1, 0.15) is 22.2 Å². The maximum absolute atomic E-state index is 12.9. The largest absolute Gasteiger partial charge is 0.387 e. The molecule has 0 aliphatic carbocycles. The number of aliphatic hydroxyl groups is 1. The SMILES string of the molecule is O=C(c1ccccn1)N1CCN(CC(O)c2ccc(F)cc2)CC1. The van der Waals surface area contributed by atoms with Crippen molar-refractivity contribution < 1.29 is 14.3 Å². The van der Waals surface area contributed by atoms with Crippen LogP contribution in [0.5, 0.6) is 0 Å². The summed E-state index contributed by atoms with van der Waals surface area (Å²) in [5.74, 6) is -0.373. The summed E-state index contributed by atoms with van der Waals surface area (Å²) in [6.07, 6.45) is 0.950. The Kier molecular flexibility index (Phi) is 5.17. The summed E-state index contributed by atoms with van der Waals surface area (Å²) in [5, 5.41) is 10.3. The van der Waals surface area contributed by atoms with Crippen LogP contribution < -0.4 is 0 Å². The number of β-amino-alcohol motifs (C(OH)–C–C–N with tert-alkyl or cyclic N) is 1. The van der Waals surface area contributed by atoms with Crippen molar-refractivity contribution in [1.29, 1.82) is 0 Å². The Morgan fingerprint density at radius 2 is 1.83 bits per heavy atom. The van der Waals surface area contributed by atoms with E-state index in [1.807, 2.05) is 0 Å². The predicted molar refractivity (Wildman–Crippen MR) is 87.9 cm³/mol. The molecule has 0 spiro atoms. The highest BCUT2D eigenvalue weighted by molar-refractivity contribution is 5.92. The Morgan fingerprint density at radius 1 is 1.12 bits per heavy atom. The summed E-state index contributed by atoms with van der Waals surface area (Å²) in [4.78, 5) is 20.3. The number of hydrogen-bond donors (Lipinski definition) is 1. The fraction of sp³-hybridized carbons (Fsp3) is 0.333. The van der Waals surface area contributed by atoms with Crippen LogP contribution >= 0.6 is 0 Å². The molecule has 1 aliphatic rings. The highest BCUT2D eigenvalue weighted by Gasteiger charge is 2.24. The fourth-order valence-electron chi connectivity index (χ4n) is 2.82. The highest BCUT2D eigenvalue weighted by Crippen LogP contribution is 2.16. The van der Waals surface area contributed by atoms with Gasteiger partial charge in [0.2, 0.25) is 0 Å². The number of piperazine rings is 1. The van der Waals surface area contributed by atoms with Gasteiger partial charge in [-0.1, -0.05) is 18.2 Å². The molecule has 126 valence electrons. The quantitative estimate of drug-likeness (QED) is 0.928. The molecule has 6 heteroatoms. The van der Waals surface area contributed by atoms with Crippen molar-refractivity contribution >= 4 is 5.91 Å². The number of benzene rings is 1. The van der Waals surface area contributed by atoms with Gasteiger partial charge >= 0.3 is 0 Å². The Hall–Kier alpha value is -2.31. The normalized spacial score (nSPS) is 16.8. The summed E-state index contributed by atoms with van der Waals surface area (Å²) < 4.78 is 12.9. The Labute approximate surface area is 140 Å². The summed E-state index contributed by atoms with van der Waals surface area (Å²) in [5.41, 5.74) is 1.15. The van der Waals surface area contributed by atoms with E-state index in [-0.39, 0.29) is 11.7 Å². The number of carbonyl (C=O) groups excluding carboxylic acids is 1. The second kappa shape index (κ2) is 7.51. The number of nitrogens with zero attached hydrogens (tertiary/aromatic N) is 3. The summed E-state index contributed by atoms with van der Waals surface area (Å²) in [7, 11) is 0. The molecule has 1 unspecified atom stereocenters. The molecule has 0 saturated carbocycles.